The molecule has 1 heterocycles. The van der Waals surface area contributed by atoms with E-state index < -0.39 is 0 Å². The maximum absolute atomic E-state index is 11.7. The van der Waals surface area contributed by atoms with Gasteiger partial charge in [0.05, 0.1) is 17.6 Å². The molecule has 5 heteroatoms. The van der Waals surface area contributed by atoms with Crippen LogP contribution in [0.1, 0.15) is 10.4 Å². The standard InChI is InChI=1S/C11H13N3O2/c1-13-8-4-3-7(10(15)6-12)5-9(8)14(2)11(13)16/h3-5H,6,12H2,1-2H3. The molecule has 0 bridgehead atoms. The minimum Gasteiger partial charge on any atom is -0.324 e. The number of carbonyl (C=O) groups is 1. The van der Waals surface area contributed by atoms with Crippen LogP contribution in [0.3, 0.4) is 0 Å². The number of imidazole rings is 1. The predicted octanol–water partition coefficient (Wildman–Crippen LogP) is 0.0184. The van der Waals surface area contributed by atoms with Crippen LogP contribution in [0.15, 0.2) is 23.0 Å². The van der Waals surface area contributed by atoms with Gasteiger partial charge in [0.15, 0.2) is 5.78 Å². The van der Waals surface area contributed by atoms with Crippen molar-refractivity contribution in [3.8, 4) is 0 Å². The Morgan fingerprint density at radius 2 is 1.88 bits per heavy atom. The van der Waals surface area contributed by atoms with Crippen molar-refractivity contribution in [2.75, 3.05) is 6.54 Å². The van der Waals surface area contributed by atoms with Gasteiger partial charge in [0.1, 0.15) is 0 Å². The molecule has 0 unspecified atom stereocenters. The van der Waals surface area contributed by atoms with E-state index in [-0.39, 0.29) is 18.0 Å². The number of hydrogen-bond acceptors (Lipinski definition) is 3. The molecule has 84 valence electrons. The van der Waals surface area contributed by atoms with Gasteiger partial charge in [0.2, 0.25) is 0 Å². The normalized spacial score (nSPS) is 10.9. The minimum atomic E-state index is -0.127. The van der Waals surface area contributed by atoms with Gasteiger partial charge in [-0.25, -0.2) is 4.79 Å². The lowest BCUT2D eigenvalue weighted by Gasteiger charge is -1.99. The molecule has 2 rings (SSSR count). The molecule has 5 nitrogen and oxygen atoms in total. The number of Topliss-reactive ketones (excluding diaryl/α,β-unsaturated/α-hetero) is 1. The fourth-order valence-corrected chi connectivity index (χ4v) is 1.80. The van der Waals surface area contributed by atoms with Crippen LogP contribution in [0.4, 0.5) is 0 Å². The molecule has 0 fully saturated rings. The Bertz CT molecular complexity index is 622. The van der Waals surface area contributed by atoms with Crippen LogP contribution >= 0.6 is 0 Å². The van der Waals surface area contributed by atoms with Gasteiger partial charge in [-0.15, -0.1) is 0 Å². The zero-order valence-electron chi connectivity index (χ0n) is 9.23. The third-order valence-corrected chi connectivity index (χ3v) is 2.78. The first-order valence-electron chi connectivity index (χ1n) is 4.95. The van der Waals surface area contributed by atoms with Crippen LogP contribution in [0.5, 0.6) is 0 Å². The highest BCUT2D eigenvalue weighted by molar-refractivity contribution is 6.00. The van der Waals surface area contributed by atoms with Crippen molar-refractivity contribution < 1.29 is 4.79 Å². The van der Waals surface area contributed by atoms with Crippen LogP contribution in [0.2, 0.25) is 0 Å². The Morgan fingerprint density at radius 3 is 2.50 bits per heavy atom. The molecule has 0 radical (unpaired) electrons. The summed E-state index contributed by atoms with van der Waals surface area (Å²) < 4.78 is 3.06. The maximum atomic E-state index is 11.7. The highest BCUT2D eigenvalue weighted by Gasteiger charge is 2.10. The molecular formula is C11H13N3O2. The van der Waals surface area contributed by atoms with Gasteiger partial charge in [-0.3, -0.25) is 13.9 Å². The van der Waals surface area contributed by atoms with Crippen molar-refractivity contribution in [2.45, 2.75) is 0 Å². The SMILES string of the molecule is Cn1c(=O)n(C)c2cc(C(=O)CN)ccc21. The smallest absolute Gasteiger partial charge is 0.324 e. The molecule has 0 amide bonds. The van der Waals surface area contributed by atoms with E-state index in [9.17, 15) is 9.59 Å². The summed E-state index contributed by atoms with van der Waals surface area (Å²) in [6, 6.07) is 5.16. The van der Waals surface area contributed by atoms with Gasteiger partial charge in [-0.1, -0.05) is 0 Å². The van der Waals surface area contributed by atoms with Crippen LogP contribution < -0.4 is 11.4 Å². The first kappa shape index (κ1) is 10.6. The van der Waals surface area contributed by atoms with Crippen molar-refractivity contribution in [1.82, 2.24) is 9.13 Å². The number of aryl methyl sites for hydroxylation is 2. The second-order valence-corrected chi connectivity index (χ2v) is 3.73. The summed E-state index contributed by atoms with van der Waals surface area (Å²) in [5.74, 6) is -0.127. The Kier molecular flexibility index (Phi) is 2.40. The molecule has 0 spiro atoms. The first-order chi connectivity index (χ1) is 7.56. The van der Waals surface area contributed by atoms with E-state index in [1.165, 1.54) is 4.57 Å². The average molecular weight is 219 g/mol. The molecule has 2 N–H and O–H groups in total. The Labute approximate surface area is 92.1 Å². The molecule has 16 heavy (non-hydrogen) atoms. The van der Waals surface area contributed by atoms with Crippen LogP contribution in [-0.4, -0.2) is 21.5 Å². The van der Waals surface area contributed by atoms with E-state index in [0.717, 1.165) is 11.0 Å². The third-order valence-electron chi connectivity index (χ3n) is 2.78. The van der Waals surface area contributed by atoms with Crippen molar-refractivity contribution in [2.24, 2.45) is 19.8 Å². The Morgan fingerprint density at radius 1 is 1.25 bits per heavy atom. The molecule has 0 aliphatic carbocycles. The Balaban J connectivity index is 2.76. The maximum Gasteiger partial charge on any atom is 0.328 e. The van der Waals surface area contributed by atoms with Crippen LogP contribution in [0.25, 0.3) is 11.0 Å². The van der Waals surface area contributed by atoms with Gasteiger partial charge in [0, 0.05) is 19.7 Å². The lowest BCUT2D eigenvalue weighted by molar-refractivity contribution is 0.100. The molecule has 0 atom stereocenters. The summed E-state index contributed by atoms with van der Waals surface area (Å²) in [7, 11) is 3.39. The molecule has 0 aliphatic heterocycles. The van der Waals surface area contributed by atoms with Crippen molar-refractivity contribution in [3.05, 3.63) is 34.2 Å². The van der Waals surface area contributed by atoms with Crippen molar-refractivity contribution in [3.63, 3.8) is 0 Å². The summed E-state index contributed by atoms with van der Waals surface area (Å²) in [5.41, 5.74) is 7.28. The number of nitrogens with two attached hydrogens (primary N) is 1. The molecule has 1 aromatic heterocycles. The molecule has 0 saturated carbocycles. The molecule has 0 saturated heterocycles. The van der Waals surface area contributed by atoms with E-state index in [1.807, 2.05) is 0 Å². The van der Waals surface area contributed by atoms with E-state index >= 15 is 0 Å². The van der Waals surface area contributed by atoms with Crippen LogP contribution in [0, 0.1) is 0 Å². The summed E-state index contributed by atoms with van der Waals surface area (Å²) >= 11 is 0. The first-order valence-corrected chi connectivity index (χ1v) is 4.95. The quantitative estimate of drug-likeness (QED) is 0.724. The van der Waals surface area contributed by atoms with Gasteiger partial charge in [0.25, 0.3) is 0 Å². The molecule has 1 aromatic carbocycles. The topological polar surface area (TPSA) is 70.0 Å². The summed E-state index contributed by atoms with van der Waals surface area (Å²) in [6.07, 6.45) is 0. The zero-order valence-corrected chi connectivity index (χ0v) is 9.23. The Hall–Kier alpha value is -1.88. The fraction of sp³-hybridized carbons (Fsp3) is 0.273. The van der Waals surface area contributed by atoms with E-state index in [1.54, 1.807) is 36.9 Å². The third kappa shape index (κ3) is 1.37. The van der Waals surface area contributed by atoms with Crippen molar-refractivity contribution >= 4 is 16.8 Å². The van der Waals surface area contributed by atoms with Crippen molar-refractivity contribution in [1.29, 1.82) is 0 Å². The fourth-order valence-electron chi connectivity index (χ4n) is 1.80. The van der Waals surface area contributed by atoms with Gasteiger partial charge < -0.3 is 5.73 Å². The lowest BCUT2D eigenvalue weighted by atomic mass is 10.1. The predicted molar refractivity (Wildman–Crippen MR) is 61.5 cm³/mol. The lowest BCUT2D eigenvalue weighted by Crippen LogP contribution is -2.19. The number of hydrogen-bond donors (Lipinski definition) is 1. The number of benzene rings is 1. The van der Waals surface area contributed by atoms with Gasteiger partial charge in [-0.2, -0.15) is 0 Å². The average Bonchev–Trinajstić information content (AvgIpc) is 2.53. The van der Waals surface area contributed by atoms with Gasteiger partial charge in [-0.05, 0) is 18.2 Å². The number of rotatable bonds is 2. The second-order valence-electron chi connectivity index (χ2n) is 3.73. The number of aromatic nitrogens is 2. The largest absolute Gasteiger partial charge is 0.328 e. The number of nitrogens with zero attached hydrogens (tertiary/aromatic N) is 2. The van der Waals surface area contributed by atoms with E-state index in [2.05, 4.69) is 0 Å². The highest BCUT2D eigenvalue weighted by atomic mass is 16.1. The molecule has 2 aromatic rings. The number of fused-ring (bicyclic) bond motifs is 1. The summed E-state index contributed by atoms with van der Waals surface area (Å²) in [4.78, 5) is 23.1. The molecular weight excluding hydrogens is 206 g/mol. The van der Waals surface area contributed by atoms with E-state index in [0.29, 0.717) is 5.56 Å². The van der Waals surface area contributed by atoms with E-state index in [4.69, 9.17) is 5.73 Å². The number of carbonyl (C=O) groups excluding carboxylic acids is 1. The minimum absolute atomic E-state index is 0.0215. The molecule has 0 aliphatic rings. The monoisotopic (exact) mass is 219 g/mol. The highest BCUT2D eigenvalue weighted by Crippen LogP contribution is 2.14. The van der Waals surface area contributed by atoms with Crippen LogP contribution in [-0.2, 0) is 14.1 Å². The summed E-state index contributed by atoms with van der Waals surface area (Å²) in [5, 5.41) is 0. The number of ketones is 1. The second kappa shape index (κ2) is 3.61. The van der Waals surface area contributed by atoms with Gasteiger partial charge >= 0.3 is 5.69 Å². The zero-order chi connectivity index (χ0) is 11.9. The summed E-state index contributed by atoms with van der Waals surface area (Å²) in [6.45, 7) is -0.0215.